The van der Waals surface area contributed by atoms with Gasteiger partial charge in [-0.3, -0.25) is 0 Å². The highest BCUT2D eigenvalue weighted by molar-refractivity contribution is 5.80. The molecule has 1 saturated carbocycles. The van der Waals surface area contributed by atoms with E-state index >= 15 is 0 Å². The minimum atomic E-state index is 0.150. The molecule has 1 aromatic heterocycles. The zero-order valence-electron chi connectivity index (χ0n) is 18.6. The molecule has 30 heavy (non-hydrogen) atoms. The molecule has 1 aliphatic rings. The number of hydrogen-bond acceptors (Lipinski definition) is 4. The molecule has 2 N–H and O–H groups in total. The van der Waals surface area contributed by atoms with Crippen LogP contribution in [0.2, 0.25) is 0 Å². The highest BCUT2D eigenvalue weighted by atomic mass is 16.5. The molecule has 0 spiro atoms. The molecule has 0 saturated heterocycles. The van der Waals surface area contributed by atoms with Crippen molar-refractivity contribution in [1.29, 1.82) is 0 Å². The van der Waals surface area contributed by atoms with Crippen LogP contribution in [0.3, 0.4) is 0 Å². The van der Waals surface area contributed by atoms with Crippen molar-refractivity contribution in [1.82, 2.24) is 25.4 Å². The number of aliphatic imine (C=N–C) groups is 1. The summed E-state index contributed by atoms with van der Waals surface area (Å²) in [5.74, 6) is 2.52. The summed E-state index contributed by atoms with van der Waals surface area (Å²) in [6.45, 7) is 6.18. The standard InChI is InChI=1S/C23H36N6O/c1-18(20-11-6-4-7-12-20)26-23(25-17-22-28-27-19(2)29(22)3)24-15-10-16-30-21-13-8-5-9-14-21/h4,6-7,11-12,18,21H,5,8-10,13-17H2,1-3H3,(H2,24,25,26). The Bertz CT molecular complexity index is 782. The van der Waals surface area contributed by atoms with Gasteiger partial charge in [0.1, 0.15) is 12.4 Å². The Hall–Kier alpha value is -2.41. The van der Waals surface area contributed by atoms with Gasteiger partial charge in [-0.05, 0) is 38.7 Å². The van der Waals surface area contributed by atoms with Crippen molar-refractivity contribution in [2.75, 3.05) is 13.2 Å². The molecule has 1 unspecified atom stereocenters. The maximum absolute atomic E-state index is 6.04. The molecule has 3 rings (SSSR count). The average molecular weight is 413 g/mol. The Morgan fingerprint density at radius 1 is 1.20 bits per heavy atom. The van der Waals surface area contributed by atoms with Gasteiger partial charge in [-0.25, -0.2) is 4.99 Å². The summed E-state index contributed by atoms with van der Waals surface area (Å²) < 4.78 is 8.01. The molecular weight excluding hydrogens is 376 g/mol. The third-order valence-electron chi connectivity index (χ3n) is 5.73. The van der Waals surface area contributed by atoms with Crippen molar-refractivity contribution in [3.8, 4) is 0 Å². The molecule has 1 aliphatic carbocycles. The van der Waals surface area contributed by atoms with Crippen LogP contribution in [0.15, 0.2) is 35.3 Å². The van der Waals surface area contributed by atoms with Gasteiger partial charge >= 0.3 is 0 Å². The molecule has 2 aromatic rings. The lowest BCUT2D eigenvalue weighted by molar-refractivity contribution is 0.0277. The van der Waals surface area contributed by atoms with E-state index in [4.69, 9.17) is 9.73 Å². The molecule has 164 valence electrons. The number of rotatable bonds is 9. The predicted molar refractivity (Wildman–Crippen MR) is 120 cm³/mol. The molecule has 7 nitrogen and oxygen atoms in total. The van der Waals surface area contributed by atoms with Crippen LogP contribution in [0.25, 0.3) is 0 Å². The SMILES string of the molecule is Cc1nnc(CN=C(NCCCOC2CCCCC2)NC(C)c2ccccc2)n1C. The van der Waals surface area contributed by atoms with Gasteiger partial charge < -0.3 is 19.9 Å². The normalized spacial score (nSPS) is 16.4. The van der Waals surface area contributed by atoms with Gasteiger partial charge in [-0.1, -0.05) is 49.6 Å². The first-order valence-corrected chi connectivity index (χ1v) is 11.2. The topological polar surface area (TPSA) is 76.4 Å². The number of hydrogen-bond donors (Lipinski definition) is 2. The molecule has 0 amide bonds. The molecule has 1 aromatic carbocycles. The molecule has 1 heterocycles. The number of ether oxygens (including phenoxy) is 1. The van der Waals surface area contributed by atoms with Gasteiger partial charge in [0.15, 0.2) is 11.8 Å². The smallest absolute Gasteiger partial charge is 0.192 e. The average Bonchev–Trinajstić information content (AvgIpc) is 3.10. The van der Waals surface area contributed by atoms with Crippen LogP contribution >= 0.6 is 0 Å². The Morgan fingerprint density at radius 2 is 1.97 bits per heavy atom. The van der Waals surface area contributed by atoms with E-state index in [1.165, 1.54) is 37.7 Å². The fourth-order valence-corrected chi connectivity index (χ4v) is 3.68. The maximum Gasteiger partial charge on any atom is 0.192 e. The first kappa shape index (κ1) is 22.3. The van der Waals surface area contributed by atoms with E-state index in [1.54, 1.807) is 0 Å². The van der Waals surface area contributed by atoms with Crippen molar-refractivity contribution in [2.45, 2.75) is 71.1 Å². The van der Waals surface area contributed by atoms with Crippen LogP contribution < -0.4 is 10.6 Å². The van der Waals surface area contributed by atoms with Crippen LogP contribution in [0.4, 0.5) is 0 Å². The largest absolute Gasteiger partial charge is 0.378 e. The third kappa shape index (κ3) is 6.83. The monoisotopic (exact) mass is 412 g/mol. The highest BCUT2D eigenvalue weighted by Crippen LogP contribution is 2.20. The Morgan fingerprint density at radius 3 is 2.67 bits per heavy atom. The summed E-state index contributed by atoms with van der Waals surface area (Å²) >= 11 is 0. The van der Waals surface area contributed by atoms with E-state index in [1.807, 2.05) is 24.6 Å². The summed E-state index contributed by atoms with van der Waals surface area (Å²) in [4.78, 5) is 4.75. The first-order valence-electron chi connectivity index (χ1n) is 11.2. The van der Waals surface area contributed by atoms with E-state index in [2.05, 4.69) is 52.0 Å². The highest BCUT2D eigenvalue weighted by Gasteiger charge is 2.13. The van der Waals surface area contributed by atoms with Gasteiger partial charge in [0, 0.05) is 20.2 Å². The lowest BCUT2D eigenvalue weighted by Crippen LogP contribution is -2.39. The van der Waals surface area contributed by atoms with Gasteiger partial charge in [0.25, 0.3) is 0 Å². The molecule has 1 fully saturated rings. The van der Waals surface area contributed by atoms with Crippen LogP contribution in [-0.4, -0.2) is 40.0 Å². The molecule has 0 aliphatic heterocycles. The van der Waals surface area contributed by atoms with Crippen LogP contribution in [0, 0.1) is 6.92 Å². The Balaban J connectivity index is 1.52. The van der Waals surface area contributed by atoms with Crippen molar-refractivity contribution >= 4 is 5.96 Å². The van der Waals surface area contributed by atoms with Crippen molar-refractivity contribution in [3.05, 3.63) is 47.5 Å². The lowest BCUT2D eigenvalue weighted by atomic mass is 9.98. The Labute approximate surface area is 180 Å². The van der Waals surface area contributed by atoms with Crippen LogP contribution in [0.5, 0.6) is 0 Å². The summed E-state index contributed by atoms with van der Waals surface area (Å²) in [5, 5.41) is 15.3. The van der Waals surface area contributed by atoms with E-state index in [-0.39, 0.29) is 6.04 Å². The quantitative estimate of drug-likeness (QED) is 0.373. The first-order chi connectivity index (χ1) is 14.6. The second-order valence-corrected chi connectivity index (χ2v) is 8.08. The molecule has 0 bridgehead atoms. The van der Waals surface area contributed by atoms with E-state index < -0.39 is 0 Å². The van der Waals surface area contributed by atoms with Crippen LogP contribution in [0.1, 0.15) is 68.7 Å². The number of aromatic nitrogens is 3. The van der Waals surface area contributed by atoms with Gasteiger partial charge in [-0.2, -0.15) is 0 Å². The van der Waals surface area contributed by atoms with Crippen molar-refractivity contribution < 1.29 is 4.74 Å². The lowest BCUT2D eigenvalue weighted by Gasteiger charge is -2.22. The van der Waals surface area contributed by atoms with E-state index in [0.717, 1.165) is 37.2 Å². The minimum absolute atomic E-state index is 0.150. The number of guanidine groups is 1. The number of benzene rings is 1. The zero-order chi connectivity index (χ0) is 21.2. The molecule has 0 radical (unpaired) electrons. The Kier molecular flexibility index (Phi) is 8.68. The number of nitrogens with zero attached hydrogens (tertiary/aromatic N) is 4. The van der Waals surface area contributed by atoms with Gasteiger partial charge in [0.2, 0.25) is 0 Å². The summed E-state index contributed by atoms with van der Waals surface area (Å²) in [6, 6.07) is 10.5. The van der Waals surface area contributed by atoms with Crippen molar-refractivity contribution in [3.63, 3.8) is 0 Å². The molecule has 1 atom stereocenters. The maximum atomic E-state index is 6.04. The summed E-state index contributed by atoms with van der Waals surface area (Å²) in [7, 11) is 1.97. The molecular formula is C23H36N6O. The zero-order valence-corrected chi connectivity index (χ0v) is 18.6. The predicted octanol–water partition coefficient (Wildman–Crippen LogP) is 3.66. The van der Waals surface area contributed by atoms with E-state index in [9.17, 15) is 0 Å². The van der Waals surface area contributed by atoms with Crippen molar-refractivity contribution in [2.24, 2.45) is 12.0 Å². The summed E-state index contributed by atoms with van der Waals surface area (Å²) in [5.41, 5.74) is 1.22. The third-order valence-corrected chi connectivity index (χ3v) is 5.73. The summed E-state index contributed by atoms with van der Waals surface area (Å²) in [6.07, 6.45) is 7.82. The fourth-order valence-electron chi connectivity index (χ4n) is 3.68. The molecule has 7 heteroatoms. The second kappa shape index (κ2) is 11.7. The second-order valence-electron chi connectivity index (χ2n) is 8.08. The van der Waals surface area contributed by atoms with E-state index in [0.29, 0.717) is 12.6 Å². The van der Waals surface area contributed by atoms with Crippen LogP contribution in [-0.2, 0) is 18.3 Å². The van der Waals surface area contributed by atoms with Gasteiger partial charge in [0.05, 0.1) is 12.1 Å². The van der Waals surface area contributed by atoms with Gasteiger partial charge in [-0.15, -0.1) is 10.2 Å². The minimum Gasteiger partial charge on any atom is -0.378 e. The fraction of sp³-hybridized carbons (Fsp3) is 0.609. The number of aryl methyl sites for hydroxylation is 1. The number of nitrogens with one attached hydrogen (secondary N) is 2.